The minimum absolute atomic E-state index is 0.0238. The lowest BCUT2D eigenvalue weighted by molar-refractivity contribution is 0.297. The van der Waals surface area contributed by atoms with Gasteiger partial charge in [0.2, 0.25) is 0 Å². The molecule has 0 saturated heterocycles. The van der Waals surface area contributed by atoms with E-state index < -0.39 is 0 Å². The molecule has 0 aromatic carbocycles. The summed E-state index contributed by atoms with van der Waals surface area (Å²) in [5, 5.41) is 9.25. The van der Waals surface area contributed by atoms with Crippen LogP contribution in [-0.2, 0) is 9.47 Å². The minimum atomic E-state index is -0.0238. The average Bonchev–Trinajstić information content (AvgIpc) is 2.95. The van der Waals surface area contributed by atoms with Crippen molar-refractivity contribution in [3.8, 4) is 6.07 Å². The van der Waals surface area contributed by atoms with Gasteiger partial charge < -0.3 is 9.47 Å². The molecule has 0 spiro atoms. The molecule has 0 saturated carbocycles. The normalized spacial score (nSPS) is 16.2. The van der Waals surface area contributed by atoms with Crippen molar-refractivity contribution in [3.63, 3.8) is 0 Å². The predicted molar refractivity (Wildman–Crippen MR) is 130 cm³/mol. The zero-order valence-corrected chi connectivity index (χ0v) is 20.0. The highest BCUT2D eigenvalue weighted by Gasteiger charge is 2.20. The maximum Gasteiger partial charge on any atom is 0.194 e. The summed E-state index contributed by atoms with van der Waals surface area (Å²) in [6.07, 6.45) is 11.0. The third-order valence-electron chi connectivity index (χ3n) is 4.84. The molecule has 0 aromatic rings. The van der Waals surface area contributed by atoms with Gasteiger partial charge in [-0.2, -0.15) is 5.26 Å². The molecule has 166 valence electrons. The van der Waals surface area contributed by atoms with Crippen LogP contribution < -0.4 is 0 Å². The molecule has 0 aliphatic heterocycles. The van der Waals surface area contributed by atoms with Crippen LogP contribution in [-0.4, -0.2) is 25.3 Å². The first-order chi connectivity index (χ1) is 14.8. The van der Waals surface area contributed by atoms with Gasteiger partial charge in [0.25, 0.3) is 0 Å². The fraction of sp³-hybridized carbons (Fsp3) is 0.423. The van der Waals surface area contributed by atoms with Crippen LogP contribution in [0.2, 0.25) is 0 Å². The van der Waals surface area contributed by atoms with E-state index in [4.69, 9.17) is 9.47 Å². The van der Waals surface area contributed by atoms with Gasteiger partial charge in [-0.05, 0) is 71.6 Å². The fourth-order valence-corrected chi connectivity index (χ4v) is 3.05. The molecule has 5 heteroatoms. The van der Waals surface area contributed by atoms with Crippen molar-refractivity contribution < 1.29 is 9.47 Å². The molecule has 0 bridgehead atoms. The molecule has 0 N–H and O–H groups in total. The van der Waals surface area contributed by atoms with E-state index in [1.807, 2.05) is 40.7 Å². The second-order valence-electron chi connectivity index (χ2n) is 7.43. The lowest BCUT2D eigenvalue weighted by atomic mass is 9.92. The van der Waals surface area contributed by atoms with E-state index in [1.54, 1.807) is 19.4 Å². The molecule has 1 aliphatic carbocycles. The first-order valence-electron chi connectivity index (χ1n) is 10.6. The zero-order chi connectivity index (χ0) is 23.4. The van der Waals surface area contributed by atoms with Crippen LogP contribution in [0.3, 0.4) is 0 Å². The second-order valence-corrected chi connectivity index (χ2v) is 7.43. The highest BCUT2D eigenvalue weighted by atomic mass is 16.5. The number of nitriles is 1. The van der Waals surface area contributed by atoms with E-state index in [0.717, 1.165) is 22.4 Å². The number of allylic oxidation sites excluding steroid dienone is 7. The van der Waals surface area contributed by atoms with E-state index in [-0.39, 0.29) is 5.92 Å². The molecule has 0 fully saturated rings. The topological polar surface area (TPSA) is 67.0 Å². The lowest BCUT2D eigenvalue weighted by Crippen LogP contribution is -2.18. The highest BCUT2D eigenvalue weighted by molar-refractivity contribution is 5.82. The number of hydrogen-bond donors (Lipinski definition) is 0. The molecule has 0 radical (unpaired) electrons. The lowest BCUT2D eigenvalue weighted by Gasteiger charge is -2.20. The van der Waals surface area contributed by atoms with Gasteiger partial charge in [-0.15, -0.1) is 0 Å². The van der Waals surface area contributed by atoms with Gasteiger partial charge in [-0.1, -0.05) is 30.4 Å². The Morgan fingerprint density at radius 3 is 2.58 bits per heavy atom. The van der Waals surface area contributed by atoms with E-state index >= 15 is 0 Å². The van der Waals surface area contributed by atoms with Gasteiger partial charge in [-0.25, -0.2) is 4.99 Å². The standard InChI is InChI=1S/C26H35N3O2/c1-9-23(15-24-13-11-12-22(16-27)14-25(24)30-8)20(6)26(31-10-2)28-17-19(5)21(7)29-18(3)4/h9,12-14,17,20H,7,10-11,15H2,1-6,8H3/b19-17-,23-9+,28-26?. The molecule has 1 rings (SSSR count). The van der Waals surface area contributed by atoms with Crippen molar-refractivity contribution in [3.05, 3.63) is 70.8 Å². The molecular weight excluding hydrogens is 386 g/mol. The zero-order valence-electron chi connectivity index (χ0n) is 20.0. The van der Waals surface area contributed by atoms with Gasteiger partial charge in [0.1, 0.15) is 5.76 Å². The van der Waals surface area contributed by atoms with Gasteiger partial charge in [0.05, 0.1) is 37.0 Å². The number of methoxy groups -OCH3 is 1. The smallest absolute Gasteiger partial charge is 0.194 e. The van der Waals surface area contributed by atoms with Crippen molar-refractivity contribution >= 4 is 11.6 Å². The van der Waals surface area contributed by atoms with Gasteiger partial charge >= 0.3 is 0 Å². The fourth-order valence-electron chi connectivity index (χ4n) is 3.05. The maximum absolute atomic E-state index is 9.25. The van der Waals surface area contributed by atoms with E-state index in [2.05, 4.69) is 41.7 Å². The summed E-state index contributed by atoms with van der Waals surface area (Å²) in [4.78, 5) is 9.02. The quantitative estimate of drug-likeness (QED) is 0.182. The number of aliphatic imine (C=N–C) groups is 2. The summed E-state index contributed by atoms with van der Waals surface area (Å²) in [6, 6.07) is 2.20. The third-order valence-corrected chi connectivity index (χ3v) is 4.84. The molecule has 31 heavy (non-hydrogen) atoms. The van der Waals surface area contributed by atoms with Crippen molar-refractivity contribution in [1.29, 1.82) is 5.26 Å². The van der Waals surface area contributed by atoms with E-state index in [0.29, 0.717) is 42.4 Å². The Morgan fingerprint density at radius 1 is 1.32 bits per heavy atom. The van der Waals surface area contributed by atoms with Crippen molar-refractivity contribution in [1.82, 2.24) is 0 Å². The van der Waals surface area contributed by atoms with Crippen molar-refractivity contribution in [2.75, 3.05) is 13.7 Å². The van der Waals surface area contributed by atoms with Crippen LogP contribution in [0, 0.1) is 17.2 Å². The Hall–Kier alpha value is -3.13. The molecule has 1 aliphatic rings. The molecule has 1 unspecified atom stereocenters. The van der Waals surface area contributed by atoms with Crippen LogP contribution in [0.25, 0.3) is 0 Å². The largest absolute Gasteiger partial charge is 0.496 e. The van der Waals surface area contributed by atoms with Crippen LogP contribution in [0.5, 0.6) is 0 Å². The Labute approximate surface area is 187 Å². The highest BCUT2D eigenvalue weighted by Crippen LogP contribution is 2.29. The number of nitrogens with zero attached hydrogens (tertiary/aromatic N) is 3. The molecule has 1 atom stereocenters. The predicted octanol–water partition coefficient (Wildman–Crippen LogP) is 6.60. The van der Waals surface area contributed by atoms with E-state index in [1.165, 1.54) is 0 Å². The number of ether oxygens (including phenoxy) is 2. The Bertz CT molecular complexity index is 915. The SMILES string of the molecule is C=C(N=C(C)C)/C(C)=C\N=C(OCC)C(C)/C(=C/C)CC1=CCC=C(C#N)C=C1OC. The number of rotatable bonds is 9. The van der Waals surface area contributed by atoms with E-state index in [9.17, 15) is 5.26 Å². The summed E-state index contributed by atoms with van der Waals surface area (Å²) in [6.45, 7) is 16.4. The molecule has 5 nitrogen and oxygen atoms in total. The maximum atomic E-state index is 9.25. The summed E-state index contributed by atoms with van der Waals surface area (Å²) in [7, 11) is 1.63. The van der Waals surface area contributed by atoms with Gasteiger partial charge in [-0.3, -0.25) is 4.99 Å². The Kier molecular flexibility index (Phi) is 11.1. The summed E-state index contributed by atoms with van der Waals surface area (Å²) >= 11 is 0. The third kappa shape index (κ3) is 8.25. The second kappa shape index (κ2) is 13.2. The van der Waals surface area contributed by atoms with Crippen molar-refractivity contribution in [2.24, 2.45) is 15.9 Å². The Balaban J connectivity index is 3.15. The average molecular weight is 422 g/mol. The molecule has 0 heterocycles. The molecular formula is C26H35N3O2. The summed E-state index contributed by atoms with van der Waals surface area (Å²) < 4.78 is 11.4. The van der Waals surface area contributed by atoms with Gasteiger partial charge in [0, 0.05) is 11.9 Å². The minimum Gasteiger partial charge on any atom is -0.496 e. The first-order valence-corrected chi connectivity index (χ1v) is 10.6. The summed E-state index contributed by atoms with van der Waals surface area (Å²) in [5.41, 5.74) is 5.35. The van der Waals surface area contributed by atoms with Crippen LogP contribution in [0.15, 0.2) is 80.8 Å². The van der Waals surface area contributed by atoms with Crippen LogP contribution in [0.4, 0.5) is 0 Å². The first kappa shape index (κ1) is 25.9. The van der Waals surface area contributed by atoms with Gasteiger partial charge in [0.15, 0.2) is 5.90 Å². The van der Waals surface area contributed by atoms with Crippen LogP contribution in [0.1, 0.15) is 54.4 Å². The molecule has 0 aromatic heterocycles. The Morgan fingerprint density at radius 2 is 2.03 bits per heavy atom. The summed E-state index contributed by atoms with van der Waals surface area (Å²) in [5.74, 6) is 1.34. The monoisotopic (exact) mass is 421 g/mol. The molecule has 0 amide bonds. The van der Waals surface area contributed by atoms with Crippen molar-refractivity contribution in [2.45, 2.75) is 54.4 Å². The number of hydrogen-bond acceptors (Lipinski definition) is 5. The van der Waals surface area contributed by atoms with Crippen LogP contribution >= 0.6 is 0 Å².